The summed E-state index contributed by atoms with van der Waals surface area (Å²) in [6, 6.07) is 22.4. The Labute approximate surface area is 191 Å². The number of aliphatic hydroxyl groups is 1. The van der Waals surface area contributed by atoms with E-state index in [-0.39, 0.29) is 6.10 Å². The zero-order chi connectivity index (χ0) is 22.2. The van der Waals surface area contributed by atoms with E-state index in [9.17, 15) is 15.0 Å². The number of carboxylic acids is 1. The Balaban J connectivity index is 1.40. The summed E-state index contributed by atoms with van der Waals surface area (Å²) in [6.45, 7) is 3.97. The third-order valence-corrected chi connectivity index (χ3v) is 7.45. The van der Waals surface area contributed by atoms with E-state index in [0.717, 1.165) is 42.3 Å². The summed E-state index contributed by atoms with van der Waals surface area (Å²) in [5.74, 6) is -0.905. The van der Waals surface area contributed by atoms with Gasteiger partial charge in [-0.2, -0.15) is 0 Å². The van der Waals surface area contributed by atoms with E-state index in [2.05, 4.69) is 54.3 Å². The zero-order valence-electron chi connectivity index (χ0n) is 17.9. The molecule has 0 bridgehead atoms. The van der Waals surface area contributed by atoms with Crippen LogP contribution < -0.4 is 4.90 Å². The largest absolute Gasteiger partial charge is 0.478 e. The molecule has 0 unspecified atom stereocenters. The van der Waals surface area contributed by atoms with E-state index in [4.69, 9.17) is 0 Å². The summed E-state index contributed by atoms with van der Waals surface area (Å²) in [4.78, 5) is 16.0. The molecule has 4 aromatic rings. The molecule has 0 radical (unpaired) electrons. The highest BCUT2D eigenvalue weighted by Crippen LogP contribution is 2.37. The molecule has 5 rings (SSSR count). The summed E-state index contributed by atoms with van der Waals surface area (Å²) in [5.41, 5.74) is 5.17. The SMILES string of the molecule is Cc1cc(-c2ccc(-c3ccc4cc(C(=O)O)ccc4c3)s2)ccc1N1CCC(O)CC1. The lowest BCUT2D eigenvalue weighted by atomic mass is 10.0. The topological polar surface area (TPSA) is 60.8 Å². The predicted molar refractivity (Wildman–Crippen MR) is 132 cm³/mol. The van der Waals surface area contributed by atoms with Crippen LogP contribution in [0.25, 0.3) is 31.7 Å². The molecule has 1 aromatic heterocycles. The number of aromatic carboxylic acids is 1. The number of carbonyl (C=O) groups is 1. The van der Waals surface area contributed by atoms with Crippen molar-refractivity contribution >= 4 is 33.8 Å². The van der Waals surface area contributed by atoms with Gasteiger partial charge in [0.25, 0.3) is 0 Å². The van der Waals surface area contributed by atoms with Gasteiger partial charge in [-0.05, 0) is 89.7 Å². The number of rotatable bonds is 4. The lowest BCUT2D eigenvalue weighted by molar-refractivity contribution is 0.0697. The van der Waals surface area contributed by atoms with E-state index in [1.54, 1.807) is 23.5 Å². The minimum atomic E-state index is -0.905. The average molecular weight is 444 g/mol. The molecule has 4 nitrogen and oxygen atoms in total. The molecular formula is C27H25NO3S. The molecule has 0 aliphatic carbocycles. The highest BCUT2D eigenvalue weighted by Gasteiger charge is 2.19. The summed E-state index contributed by atoms with van der Waals surface area (Å²) in [5, 5.41) is 20.9. The van der Waals surface area contributed by atoms with E-state index in [0.29, 0.717) is 5.56 Å². The molecule has 5 heteroatoms. The standard InChI is InChI=1S/C27H25NO3S/c1-17-14-20(6-7-24(17)28-12-10-23(29)11-13-28)25-8-9-26(32-25)21-4-2-19-16-22(27(30)31)5-3-18(19)15-21/h2-9,14-16,23,29H,10-13H2,1H3,(H,30,31). The van der Waals surface area contributed by atoms with Gasteiger partial charge in [0, 0.05) is 28.5 Å². The zero-order valence-corrected chi connectivity index (χ0v) is 18.7. The van der Waals surface area contributed by atoms with Gasteiger partial charge in [0.15, 0.2) is 0 Å². The van der Waals surface area contributed by atoms with Gasteiger partial charge in [-0.1, -0.05) is 24.3 Å². The predicted octanol–water partition coefficient (Wildman–Crippen LogP) is 6.20. The van der Waals surface area contributed by atoms with Crippen LogP contribution in [0.4, 0.5) is 5.69 Å². The number of aliphatic hydroxyl groups excluding tert-OH is 1. The Morgan fingerprint density at radius 1 is 0.875 bits per heavy atom. The quantitative estimate of drug-likeness (QED) is 0.394. The lowest BCUT2D eigenvalue weighted by Crippen LogP contribution is -2.36. The minimum Gasteiger partial charge on any atom is -0.478 e. The highest BCUT2D eigenvalue weighted by atomic mass is 32.1. The molecular weight excluding hydrogens is 418 g/mol. The fourth-order valence-corrected chi connectivity index (χ4v) is 5.45. The van der Waals surface area contributed by atoms with Crippen molar-refractivity contribution in [3.8, 4) is 20.9 Å². The summed E-state index contributed by atoms with van der Waals surface area (Å²) in [6.07, 6.45) is 1.50. The number of nitrogens with zero attached hydrogens (tertiary/aromatic N) is 1. The molecule has 32 heavy (non-hydrogen) atoms. The normalized spacial score (nSPS) is 14.8. The van der Waals surface area contributed by atoms with Crippen LogP contribution in [0.3, 0.4) is 0 Å². The number of thiophene rings is 1. The van der Waals surface area contributed by atoms with Crippen molar-refractivity contribution in [2.75, 3.05) is 18.0 Å². The molecule has 1 fully saturated rings. The Morgan fingerprint density at radius 3 is 2.19 bits per heavy atom. The monoisotopic (exact) mass is 443 g/mol. The second-order valence-electron chi connectivity index (χ2n) is 8.47. The molecule has 1 saturated heterocycles. The van der Waals surface area contributed by atoms with Gasteiger partial charge in [-0.15, -0.1) is 11.3 Å². The van der Waals surface area contributed by atoms with Crippen LogP contribution in [-0.4, -0.2) is 35.4 Å². The van der Waals surface area contributed by atoms with Gasteiger partial charge < -0.3 is 15.1 Å². The first-order chi connectivity index (χ1) is 15.5. The van der Waals surface area contributed by atoms with Crippen molar-refractivity contribution in [3.05, 3.63) is 77.9 Å². The second kappa shape index (κ2) is 8.41. The number of aryl methyl sites for hydroxylation is 1. The Hall–Kier alpha value is -3.15. The van der Waals surface area contributed by atoms with Crippen LogP contribution in [0.2, 0.25) is 0 Å². The maximum Gasteiger partial charge on any atom is 0.335 e. The number of carboxylic acid groups (broad SMARTS) is 1. The van der Waals surface area contributed by atoms with Crippen molar-refractivity contribution in [1.29, 1.82) is 0 Å². The molecule has 0 saturated carbocycles. The van der Waals surface area contributed by atoms with Crippen molar-refractivity contribution in [2.45, 2.75) is 25.9 Å². The third-order valence-electron chi connectivity index (χ3n) is 6.26. The van der Waals surface area contributed by atoms with E-state index >= 15 is 0 Å². The number of hydrogen-bond acceptors (Lipinski definition) is 4. The number of fused-ring (bicyclic) bond motifs is 1. The number of piperidine rings is 1. The molecule has 2 N–H and O–H groups in total. The maximum atomic E-state index is 11.2. The number of hydrogen-bond donors (Lipinski definition) is 2. The van der Waals surface area contributed by atoms with Crippen LogP contribution >= 0.6 is 11.3 Å². The van der Waals surface area contributed by atoms with Crippen molar-refractivity contribution in [1.82, 2.24) is 0 Å². The van der Waals surface area contributed by atoms with E-state index in [1.807, 2.05) is 12.1 Å². The fourth-order valence-electron chi connectivity index (χ4n) is 4.45. The molecule has 0 amide bonds. The van der Waals surface area contributed by atoms with Crippen LogP contribution in [0, 0.1) is 6.92 Å². The second-order valence-corrected chi connectivity index (χ2v) is 9.55. The van der Waals surface area contributed by atoms with Crippen LogP contribution in [0.5, 0.6) is 0 Å². The number of benzene rings is 3. The summed E-state index contributed by atoms with van der Waals surface area (Å²) >= 11 is 1.77. The van der Waals surface area contributed by atoms with Crippen molar-refractivity contribution in [3.63, 3.8) is 0 Å². The number of anilines is 1. The van der Waals surface area contributed by atoms with Gasteiger partial charge in [0.05, 0.1) is 11.7 Å². The van der Waals surface area contributed by atoms with Gasteiger partial charge in [-0.3, -0.25) is 0 Å². The summed E-state index contributed by atoms with van der Waals surface area (Å²) in [7, 11) is 0. The van der Waals surface area contributed by atoms with E-state index in [1.165, 1.54) is 26.6 Å². The maximum absolute atomic E-state index is 11.2. The Morgan fingerprint density at radius 2 is 1.50 bits per heavy atom. The lowest BCUT2D eigenvalue weighted by Gasteiger charge is -2.32. The molecule has 1 aliphatic rings. The smallest absolute Gasteiger partial charge is 0.335 e. The molecule has 2 heterocycles. The van der Waals surface area contributed by atoms with Crippen LogP contribution in [0.15, 0.2) is 66.7 Å². The first kappa shape index (κ1) is 20.7. The van der Waals surface area contributed by atoms with Crippen molar-refractivity contribution < 1.29 is 15.0 Å². The molecule has 162 valence electrons. The minimum absolute atomic E-state index is 0.162. The first-order valence-corrected chi connectivity index (χ1v) is 11.7. The first-order valence-electron chi connectivity index (χ1n) is 10.9. The molecule has 1 aliphatic heterocycles. The third kappa shape index (κ3) is 4.01. The Kier molecular flexibility index (Phi) is 5.45. The average Bonchev–Trinajstić information content (AvgIpc) is 3.29. The van der Waals surface area contributed by atoms with Gasteiger partial charge in [0.2, 0.25) is 0 Å². The van der Waals surface area contributed by atoms with Gasteiger partial charge in [-0.25, -0.2) is 4.79 Å². The fraction of sp³-hybridized carbons (Fsp3) is 0.222. The molecule has 0 atom stereocenters. The highest BCUT2D eigenvalue weighted by molar-refractivity contribution is 7.18. The summed E-state index contributed by atoms with van der Waals surface area (Å²) < 4.78 is 0. The molecule has 3 aromatic carbocycles. The Bertz CT molecular complexity index is 1300. The molecule has 0 spiro atoms. The van der Waals surface area contributed by atoms with Gasteiger partial charge in [0.1, 0.15) is 0 Å². The van der Waals surface area contributed by atoms with Crippen LogP contribution in [-0.2, 0) is 0 Å². The van der Waals surface area contributed by atoms with E-state index < -0.39 is 5.97 Å². The van der Waals surface area contributed by atoms with Crippen LogP contribution in [0.1, 0.15) is 28.8 Å². The van der Waals surface area contributed by atoms with Crippen molar-refractivity contribution in [2.24, 2.45) is 0 Å². The van der Waals surface area contributed by atoms with Gasteiger partial charge >= 0.3 is 5.97 Å².